The number of rotatable bonds is 8. The molecule has 1 aromatic carbocycles. The van der Waals surface area contributed by atoms with E-state index in [0.717, 1.165) is 24.3 Å². The van der Waals surface area contributed by atoms with Gasteiger partial charge in [-0.1, -0.05) is 18.2 Å². The molecule has 0 saturated heterocycles. The number of para-hydroxylation sites is 1. The maximum atomic E-state index is 9.04. The van der Waals surface area contributed by atoms with Crippen LogP contribution in [0.3, 0.4) is 0 Å². The van der Waals surface area contributed by atoms with Crippen molar-refractivity contribution in [3.05, 3.63) is 29.8 Å². The molecule has 0 aliphatic carbocycles. The van der Waals surface area contributed by atoms with Gasteiger partial charge in [-0.25, -0.2) is 0 Å². The van der Waals surface area contributed by atoms with Gasteiger partial charge in [0, 0.05) is 31.3 Å². The standard InChI is InChI=1S/C15H26N2O2/c1-12(2)17(9-6-10-18)14(11-16)13-7-4-5-8-15(13)19-3/h4-5,7-8,12,14,18H,6,9-11,16H2,1-3H3. The van der Waals surface area contributed by atoms with Gasteiger partial charge >= 0.3 is 0 Å². The minimum Gasteiger partial charge on any atom is -0.496 e. The fourth-order valence-corrected chi connectivity index (χ4v) is 2.41. The normalized spacial score (nSPS) is 13.0. The average molecular weight is 266 g/mol. The van der Waals surface area contributed by atoms with E-state index in [4.69, 9.17) is 15.6 Å². The van der Waals surface area contributed by atoms with E-state index in [0.29, 0.717) is 12.6 Å². The molecule has 0 heterocycles. The molecule has 3 N–H and O–H groups in total. The van der Waals surface area contributed by atoms with Crippen molar-refractivity contribution >= 4 is 0 Å². The SMILES string of the molecule is COc1ccccc1C(CN)N(CCCO)C(C)C. The first kappa shape index (κ1) is 16.0. The summed E-state index contributed by atoms with van der Waals surface area (Å²) in [4.78, 5) is 2.31. The lowest BCUT2D eigenvalue weighted by Gasteiger charge is -2.35. The van der Waals surface area contributed by atoms with Crippen LogP contribution in [0.1, 0.15) is 31.9 Å². The summed E-state index contributed by atoms with van der Waals surface area (Å²) < 4.78 is 5.43. The first-order chi connectivity index (χ1) is 9.15. The molecular formula is C15H26N2O2. The zero-order valence-corrected chi connectivity index (χ0v) is 12.2. The molecule has 1 aromatic rings. The molecule has 1 atom stereocenters. The molecular weight excluding hydrogens is 240 g/mol. The molecule has 0 radical (unpaired) electrons. The lowest BCUT2D eigenvalue weighted by molar-refractivity contribution is 0.139. The molecule has 0 amide bonds. The van der Waals surface area contributed by atoms with E-state index in [1.165, 1.54) is 0 Å². The summed E-state index contributed by atoms with van der Waals surface area (Å²) in [5.41, 5.74) is 7.09. The van der Waals surface area contributed by atoms with Gasteiger partial charge in [0.25, 0.3) is 0 Å². The van der Waals surface area contributed by atoms with Crippen molar-refractivity contribution < 1.29 is 9.84 Å². The number of benzene rings is 1. The van der Waals surface area contributed by atoms with E-state index in [1.807, 2.05) is 18.2 Å². The van der Waals surface area contributed by atoms with Gasteiger partial charge in [-0.05, 0) is 26.3 Å². The maximum absolute atomic E-state index is 9.04. The smallest absolute Gasteiger partial charge is 0.123 e. The van der Waals surface area contributed by atoms with Gasteiger partial charge < -0.3 is 15.6 Å². The van der Waals surface area contributed by atoms with E-state index in [-0.39, 0.29) is 12.6 Å². The molecule has 0 saturated carbocycles. The Labute approximate surface area is 116 Å². The fourth-order valence-electron chi connectivity index (χ4n) is 2.41. The molecule has 0 aliphatic rings. The second kappa shape index (κ2) is 8.15. The highest BCUT2D eigenvalue weighted by molar-refractivity contribution is 5.36. The van der Waals surface area contributed by atoms with Gasteiger partial charge in [-0.15, -0.1) is 0 Å². The highest BCUT2D eigenvalue weighted by Crippen LogP contribution is 2.29. The number of nitrogens with zero attached hydrogens (tertiary/aromatic N) is 1. The Bertz CT molecular complexity index is 369. The summed E-state index contributed by atoms with van der Waals surface area (Å²) in [6.07, 6.45) is 0.754. The zero-order chi connectivity index (χ0) is 14.3. The Morgan fingerprint density at radius 3 is 2.53 bits per heavy atom. The molecule has 0 aromatic heterocycles. The first-order valence-corrected chi connectivity index (χ1v) is 6.85. The number of nitrogens with two attached hydrogens (primary N) is 1. The Kier molecular flexibility index (Phi) is 6.84. The molecule has 0 fully saturated rings. The van der Waals surface area contributed by atoms with Gasteiger partial charge in [0.15, 0.2) is 0 Å². The first-order valence-electron chi connectivity index (χ1n) is 6.85. The highest BCUT2D eigenvalue weighted by atomic mass is 16.5. The fraction of sp³-hybridized carbons (Fsp3) is 0.600. The van der Waals surface area contributed by atoms with Gasteiger partial charge in [-0.2, -0.15) is 0 Å². The summed E-state index contributed by atoms with van der Waals surface area (Å²) in [7, 11) is 1.68. The number of ether oxygens (including phenoxy) is 1. The predicted molar refractivity (Wildman–Crippen MR) is 78.3 cm³/mol. The van der Waals surface area contributed by atoms with Crippen molar-refractivity contribution in [2.24, 2.45) is 5.73 Å². The van der Waals surface area contributed by atoms with Crippen molar-refractivity contribution in [1.82, 2.24) is 4.90 Å². The van der Waals surface area contributed by atoms with Crippen LogP contribution in [0.5, 0.6) is 5.75 Å². The number of hydrogen-bond donors (Lipinski definition) is 2. The van der Waals surface area contributed by atoms with E-state index in [9.17, 15) is 0 Å². The predicted octanol–water partition coefficient (Wildman–Crippen LogP) is 1.79. The average Bonchev–Trinajstić information content (AvgIpc) is 2.43. The van der Waals surface area contributed by atoms with Crippen LogP contribution in [0.4, 0.5) is 0 Å². The van der Waals surface area contributed by atoms with Crippen molar-refractivity contribution in [3.8, 4) is 5.75 Å². The molecule has 1 rings (SSSR count). The molecule has 4 heteroatoms. The topological polar surface area (TPSA) is 58.7 Å². The third-order valence-electron chi connectivity index (χ3n) is 3.36. The zero-order valence-electron chi connectivity index (χ0n) is 12.2. The molecule has 0 bridgehead atoms. The lowest BCUT2D eigenvalue weighted by Crippen LogP contribution is -2.39. The third kappa shape index (κ3) is 4.20. The summed E-state index contributed by atoms with van der Waals surface area (Å²) >= 11 is 0. The maximum Gasteiger partial charge on any atom is 0.123 e. The van der Waals surface area contributed by atoms with Crippen molar-refractivity contribution in [3.63, 3.8) is 0 Å². The van der Waals surface area contributed by atoms with Crippen LogP contribution < -0.4 is 10.5 Å². The van der Waals surface area contributed by atoms with Gasteiger partial charge in [0.2, 0.25) is 0 Å². The van der Waals surface area contributed by atoms with Crippen LogP contribution in [-0.4, -0.2) is 42.9 Å². The van der Waals surface area contributed by atoms with E-state index < -0.39 is 0 Å². The minimum atomic E-state index is 0.114. The Hall–Kier alpha value is -1.10. The van der Waals surface area contributed by atoms with E-state index >= 15 is 0 Å². The van der Waals surface area contributed by atoms with Crippen LogP contribution in [0, 0.1) is 0 Å². The quantitative estimate of drug-likeness (QED) is 0.753. The number of aliphatic hydroxyl groups excluding tert-OH is 1. The molecule has 0 spiro atoms. The third-order valence-corrected chi connectivity index (χ3v) is 3.36. The second-order valence-corrected chi connectivity index (χ2v) is 4.90. The largest absolute Gasteiger partial charge is 0.496 e. The van der Waals surface area contributed by atoms with Gasteiger partial charge in [0.1, 0.15) is 5.75 Å². The summed E-state index contributed by atoms with van der Waals surface area (Å²) in [5, 5.41) is 9.04. The monoisotopic (exact) mass is 266 g/mol. The van der Waals surface area contributed by atoms with Crippen LogP contribution in [0.25, 0.3) is 0 Å². The van der Waals surface area contributed by atoms with Crippen LogP contribution in [0.15, 0.2) is 24.3 Å². The Morgan fingerprint density at radius 2 is 2.00 bits per heavy atom. The molecule has 0 aliphatic heterocycles. The van der Waals surface area contributed by atoms with Gasteiger partial charge in [-0.3, -0.25) is 4.90 Å². The molecule has 19 heavy (non-hydrogen) atoms. The van der Waals surface area contributed by atoms with Crippen LogP contribution in [0.2, 0.25) is 0 Å². The Balaban J connectivity index is 3.01. The number of methoxy groups -OCH3 is 1. The van der Waals surface area contributed by atoms with E-state index in [1.54, 1.807) is 7.11 Å². The number of hydrogen-bond acceptors (Lipinski definition) is 4. The summed E-state index contributed by atoms with van der Waals surface area (Å²) in [6, 6.07) is 8.47. The molecule has 4 nitrogen and oxygen atoms in total. The van der Waals surface area contributed by atoms with Crippen molar-refractivity contribution in [2.75, 3.05) is 26.8 Å². The van der Waals surface area contributed by atoms with E-state index in [2.05, 4.69) is 24.8 Å². The van der Waals surface area contributed by atoms with Crippen molar-refractivity contribution in [2.45, 2.75) is 32.4 Å². The second-order valence-electron chi connectivity index (χ2n) is 4.90. The Morgan fingerprint density at radius 1 is 1.32 bits per heavy atom. The summed E-state index contributed by atoms with van der Waals surface area (Å²) in [6.45, 7) is 5.86. The van der Waals surface area contributed by atoms with Crippen LogP contribution >= 0.6 is 0 Å². The molecule has 108 valence electrons. The number of aliphatic hydroxyl groups is 1. The lowest BCUT2D eigenvalue weighted by atomic mass is 10.0. The highest BCUT2D eigenvalue weighted by Gasteiger charge is 2.23. The molecule has 1 unspecified atom stereocenters. The minimum absolute atomic E-state index is 0.114. The van der Waals surface area contributed by atoms with Gasteiger partial charge in [0.05, 0.1) is 13.2 Å². The van der Waals surface area contributed by atoms with Crippen molar-refractivity contribution in [1.29, 1.82) is 0 Å². The summed E-state index contributed by atoms with van der Waals surface area (Å²) in [5.74, 6) is 0.868. The van der Waals surface area contributed by atoms with Crippen LogP contribution in [-0.2, 0) is 0 Å².